The Morgan fingerprint density at radius 3 is 3.22 bits per heavy atom. The van der Waals surface area contributed by atoms with E-state index >= 15 is 0 Å². The number of carbonyl (C=O) groups is 1. The first-order valence-corrected chi connectivity index (χ1v) is 6.96. The number of aromatic nitrogens is 1. The van der Waals surface area contributed by atoms with Crippen LogP contribution >= 0.6 is 22.9 Å². The lowest BCUT2D eigenvalue weighted by molar-refractivity contribution is 0.0594. The molecule has 1 N–H and O–H groups in total. The van der Waals surface area contributed by atoms with Crippen molar-refractivity contribution in [3.63, 3.8) is 0 Å². The van der Waals surface area contributed by atoms with Gasteiger partial charge in [-0.05, 0) is 18.8 Å². The summed E-state index contributed by atoms with van der Waals surface area (Å²) in [6.45, 7) is 2.41. The van der Waals surface area contributed by atoms with Crippen LogP contribution < -0.4 is 5.32 Å². The summed E-state index contributed by atoms with van der Waals surface area (Å²) in [6.07, 6.45) is 2.24. The molecule has 5 nitrogen and oxygen atoms in total. The van der Waals surface area contributed by atoms with Crippen LogP contribution in [0.25, 0.3) is 0 Å². The van der Waals surface area contributed by atoms with E-state index in [1.165, 1.54) is 18.4 Å². The van der Waals surface area contributed by atoms with Crippen LogP contribution in [-0.4, -0.2) is 37.8 Å². The summed E-state index contributed by atoms with van der Waals surface area (Å²) in [4.78, 5) is 15.8. The maximum Gasteiger partial charge on any atom is 0.351 e. The highest BCUT2D eigenvalue weighted by Crippen LogP contribution is 2.28. The summed E-state index contributed by atoms with van der Waals surface area (Å²) in [7, 11) is 1.32. The highest BCUT2D eigenvalue weighted by atomic mass is 35.5. The molecule has 1 unspecified atom stereocenters. The van der Waals surface area contributed by atoms with Crippen molar-refractivity contribution in [3.05, 3.63) is 10.0 Å². The molecule has 0 aromatic carbocycles. The molecule has 0 amide bonds. The summed E-state index contributed by atoms with van der Waals surface area (Å²) < 4.78 is 10.0. The van der Waals surface area contributed by atoms with Gasteiger partial charge in [0.1, 0.15) is 0 Å². The van der Waals surface area contributed by atoms with Gasteiger partial charge in [-0.15, -0.1) is 0 Å². The highest BCUT2D eigenvalue weighted by Gasteiger charge is 2.18. The van der Waals surface area contributed by atoms with Gasteiger partial charge in [0.05, 0.1) is 13.7 Å². The van der Waals surface area contributed by atoms with Crippen LogP contribution in [0.1, 0.15) is 22.5 Å². The van der Waals surface area contributed by atoms with Crippen LogP contribution in [0.2, 0.25) is 5.15 Å². The number of methoxy groups -OCH3 is 1. The monoisotopic (exact) mass is 290 g/mol. The van der Waals surface area contributed by atoms with E-state index in [1.807, 2.05) is 0 Å². The van der Waals surface area contributed by atoms with Gasteiger partial charge in [0.2, 0.25) is 0 Å². The Labute approximate surface area is 114 Å². The third-order valence-electron chi connectivity index (χ3n) is 2.75. The van der Waals surface area contributed by atoms with Crippen molar-refractivity contribution in [2.24, 2.45) is 5.92 Å². The first kappa shape index (κ1) is 13.6. The van der Waals surface area contributed by atoms with Gasteiger partial charge in [-0.2, -0.15) is 0 Å². The molecule has 1 saturated heterocycles. The lowest BCUT2D eigenvalue weighted by Gasteiger charge is -2.21. The normalized spacial score (nSPS) is 19.6. The first-order chi connectivity index (χ1) is 8.70. The average Bonchev–Trinajstić information content (AvgIpc) is 2.78. The van der Waals surface area contributed by atoms with Crippen molar-refractivity contribution >= 4 is 34.0 Å². The van der Waals surface area contributed by atoms with E-state index in [0.717, 1.165) is 32.6 Å². The molecule has 0 bridgehead atoms. The molecule has 0 saturated carbocycles. The fraction of sp³-hybridized carbons (Fsp3) is 0.636. The average molecular weight is 291 g/mol. The van der Waals surface area contributed by atoms with Crippen molar-refractivity contribution in [1.82, 2.24) is 4.98 Å². The van der Waals surface area contributed by atoms with Crippen molar-refractivity contribution in [1.29, 1.82) is 0 Å². The number of esters is 1. The molecule has 2 heterocycles. The third kappa shape index (κ3) is 3.34. The van der Waals surface area contributed by atoms with Gasteiger partial charge in [0.15, 0.2) is 15.2 Å². The van der Waals surface area contributed by atoms with E-state index < -0.39 is 5.97 Å². The zero-order chi connectivity index (χ0) is 13.0. The number of rotatable bonds is 4. The van der Waals surface area contributed by atoms with E-state index in [-0.39, 0.29) is 5.15 Å². The Balaban J connectivity index is 1.91. The number of thiazole rings is 1. The number of nitrogens with zero attached hydrogens (tertiary/aromatic N) is 1. The molecule has 18 heavy (non-hydrogen) atoms. The molecule has 0 radical (unpaired) electrons. The number of carbonyl (C=O) groups excluding carboxylic acids is 1. The highest BCUT2D eigenvalue weighted by molar-refractivity contribution is 7.18. The predicted molar refractivity (Wildman–Crippen MR) is 70.5 cm³/mol. The van der Waals surface area contributed by atoms with Crippen molar-refractivity contribution in [2.75, 3.05) is 32.2 Å². The Kier molecular flexibility index (Phi) is 4.79. The van der Waals surface area contributed by atoms with Crippen LogP contribution in [0.4, 0.5) is 5.13 Å². The summed E-state index contributed by atoms with van der Waals surface area (Å²) in [5.41, 5.74) is 0. The molecule has 7 heteroatoms. The minimum absolute atomic E-state index is 0.189. The molecule has 1 aliphatic rings. The van der Waals surface area contributed by atoms with E-state index in [1.54, 1.807) is 0 Å². The van der Waals surface area contributed by atoms with Gasteiger partial charge < -0.3 is 14.8 Å². The number of ether oxygens (including phenoxy) is 2. The van der Waals surface area contributed by atoms with E-state index in [9.17, 15) is 4.79 Å². The van der Waals surface area contributed by atoms with Gasteiger partial charge in [0.25, 0.3) is 0 Å². The number of hydrogen-bond acceptors (Lipinski definition) is 6. The molecule has 1 aromatic rings. The molecule has 2 rings (SSSR count). The van der Waals surface area contributed by atoms with Crippen molar-refractivity contribution in [2.45, 2.75) is 12.8 Å². The Morgan fingerprint density at radius 1 is 1.72 bits per heavy atom. The lowest BCUT2D eigenvalue weighted by atomic mass is 10.0. The van der Waals surface area contributed by atoms with Gasteiger partial charge in [-0.3, -0.25) is 0 Å². The molecule has 100 valence electrons. The molecule has 1 fully saturated rings. The molecule has 1 atom stereocenters. The van der Waals surface area contributed by atoms with E-state index in [4.69, 9.17) is 16.3 Å². The number of anilines is 1. The Hall–Kier alpha value is -0.850. The van der Waals surface area contributed by atoms with Crippen LogP contribution in [0.5, 0.6) is 0 Å². The Bertz CT molecular complexity index is 418. The third-order valence-corrected chi connectivity index (χ3v) is 4.13. The zero-order valence-corrected chi connectivity index (χ0v) is 11.6. The molecular formula is C11H15ClN2O3S. The number of nitrogens with one attached hydrogen (secondary N) is 1. The number of halogens is 1. The standard InChI is InChI=1S/C11H15ClN2O3S/c1-16-10(15)8-9(12)14-11(18-8)13-5-7-3-2-4-17-6-7/h7H,2-6H2,1H3,(H,13,14). The topological polar surface area (TPSA) is 60.5 Å². The van der Waals surface area contributed by atoms with Crippen molar-refractivity contribution < 1.29 is 14.3 Å². The maximum absolute atomic E-state index is 11.4. The smallest absolute Gasteiger partial charge is 0.351 e. The zero-order valence-electron chi connectivity index (χ0n) is 10.1. The second-order valence-electron chi connectivity index (χ2n) is 4.09. The largest absolute Gasteiger partial charge is 0.465 e. The lowest BCUT2D eigenvalue weighted by Crippen LogP contribution is -2.24. The van der Waals surface area contributed by atoms with Crippen LogP contribution in [0.3, 0.4) is 0 Å². The SMILES string of the molecule is COC(=O)c1sc(NCC2CCCOC2)nc1Cl. The van der Waals surface area contributed by atoms with E-state index in [2.05, 4.69) is 15.0 Å². The van der Waals surface area contributed by atoms with E-state index in [0.29, 0.717) is 15.9 Å². The summed E-state index contributed by atoms with van der Waals surface area (Å²) >= 11 is 7.09. The summed E-state index contributed by atoms with van der Waals surface area (Å²) in [5.74, 6) is 0.0366. The predicted octanol–water partition coefficient (Wildman–Crippen LogP) is 2.42. The van der Waals surface area contributed by atoms with Gasteiger partial charge in [-0.25, -0.2) is 9.78 Å². The van der Waals surface area contributed by atoms with Crippen LogP contribution in [-0.2, 0) is 9.47 Å². The molecule has 1 aromatic heterocycles. The van der Waals surface area contributed by atoms with Crippen LogP contribution in [0.15, 0.2) is 0 Å². The second-order valence-corrected chi connectivity index (χ2v) is 5.45. The number of hydrogen-bond donors (Lipinski definition) is 1. The molecule has 0 aliphatic carbocycles. The minimum atomic E-state index is -0.452. The summed E-state index contributed by atoms with van der Waals surface area (Å²) in [6, 6.07) is 0. The van der Waals surface area contributed by atoms with Crippen LogP contribution in [0, 0.1) is 5.92 Å². The molecule has 1 aliphatic heterocycles. The van der Waals surface area contributed by atoms with Gasteiger partial charge in [-0.1, -0.05) is 22.9 Å². The summed E-state index contributed by atoms with van der Waals surface area (Å²) in [5, 5.41) is 4.02. The fourth-order valence-corrected chi connectivity index (χ4v) is 2.91. The maximum atomic E-state index is 11.4. The molecular weight excluding hydrogens is 276 g/mol. The van der Waals surface area contributed by atoms with Crippen molar-refractivity contribution in [3.8, 4) is 0 Å². The first-order valence-electron chi connectivity index (χ1n) is 5.77. The quantitative estimate of drug-likeness (QED) is 0.863. The Morgan fingerprint density at radius 2 is 2.56 bits per heavy atom. The molecule has 0 spiro atoms. The fourth-order valence-electron chi connectivity index (χ4n) is 1.80. The van der Waals surface area contributed by atoms with Gasteiger partial charge in [0, 0.05) is 13.2 Å². The van der Waals surface area contributed by atoms with Gasteiger partial charge >= 0.3 is 5.97 Å². The second kappa shape index (κ2) is 6.36. The minimum Gasteiger partial charge on any atom is -0.465 e.